The third-order valence-corrected chi connectivity index (χ3v) is 15.1. The number of nitrogens with zero attached hydrogens (tertiary/aromatic N) is 1. The standard InChI is InChI=1S/C42H31NO2P2/c44-46(32-17-5-1-6-18-32,33-19-7-2-8-20-33)36-29-30-40-38(31-36)37-25-13-14-26-39(37)43(40)41-27-15-16-28-42(41)47(45,34-21-9-3-10-22-34)35-23-11-4-12-24-35/h1-31H. The van der Waals surface area contributed by atoms with Crippen molar-refractivity contribution in [2.45, 2.75) is 0 Å². The number of para-hydroxylation sites is 2. The van der Waals surface area contributed by atoms with Crippen LogP contribution in [0.5, 0.6) is 0 Å². The Balaban J connectivity index is 1.42. The van der Waals surface area contributed by atoms with Crippen LogP contribution in [-0.2, 0) is 9.13 Å². The second-order valence-corrected chi connectivity index (χ2v) is 17.1. The van der Waals surface area contributed by atoms with E-state index < -0.39 is 14.3 Å². The minimum absolute atomic E-state index is 0.767. The molecule has 226 valence electrons. The molecule has 0 N–H and O–H groups in total. The Labute approximate surface area is 274 Å². The average Bonchev–Trinajstić information content (AvgIpc) is 3.49. The van der Waals surface area contributed by atoms with Crippen molar-refractivity contribution < 1.29 is 9.13 Å². The molecule has 8 rings (SSSR count). The lowest BCUT2D eigenvalue weighted by Gasteiger charge is -2.24. The van der Waals surface area contributed by atoms with E-state index in [9.17, 15) is 0 Å². The first-order chi connectivity index (χ1) is 23.1. The van der Waals surface area contributed by atoms with E-state index in [2.05, 4.69) is 34.9 Å². The summed E-state index contributed by atoms with van der Waals surface area (Å²) in [5.41, 5.74) is 2.81. The molecule has 0 aliphatic rings. The second kappa shape index (κ2) is 11.9. The third kappa shape index (κ3) is 4.74. The molecule has 1 heterocycles. The van der Waals surface area contributed by atoms with E-state index in [1.54, 1.807) is 0 Å². The molecular weight excluding hydrogens is 612 g/mol. The Kier molecular flexibility index (Phi) is 7.38. The Bertz CT molecular complexity index is 2370. The molecule has 0 saturated carbocycles. The summed E-state index contributed by atoms with van der Waals surface area (Å²) in [6.07, 6.45) is 0. The third-order valence-electron chi connectivity index (χ3n) is 8.96. The highest BCUT2D eigenvalue weighted by molar-refractivity contribution is 7.85. The van der Waals surface area contributed by atoms with Gasteiger partial charge in [-0.3, -0.25) is 0 Å². The lowest BCUT2D eigenvalue weighted by atomic mass is 10.1. The number of benzene rings is 7. The van der Waals surface area contributed by atoms with Gasteiger partial charge in [-0.2, -0.15) is 0 Å². The van der Waals surface area contributed by atoms with E-state index in [1.165, 1.54) is 0 Å². The van der Waals surface area contributed by atoms with Crippen LogP contribution in [0.3, 0.4) is 0 Å². The molecule has 0 atom stereocenters. The molecule has 0 unspecified atom stereocenters. The molecule has 0 saturated heterocycles. The molecule has 8 aromatic rings. The van der Waals surface area contributed by atoms with Gasteiger partial charge in [0.2, 0.25) is 0 Å². The van der Waals surface area contributed by atoms with Gasteiger partial charge in [-0.1, -0.05) is 152 Å². The molecule has 0 aliphatic carbocycles. The molecule has 0 bridgehead atoms. The van der Waals surface area contributed by atoms with Gasteiger partial charge in [-0.15, -0.1) is 0 Å². The molecule has 0 fully saturated rings. The van der Waals surface area contributed by atoms with Crippen LogP contribution in [0.15, 0.2) is 188 Å². The van der Waals surface area contributed by atoms with Crippen LogP contribution in [0.1, 0.15) is 0 Å². The maximum Gasteiger partial charge on any atom is 0.173 e. The van der Waals surface area contributed by atoms with Crippen LogP contribution < -0.4 is 31.8 Å². The average molecular weight is 644 g/mol. The molecule has 0 spiro atoms. The smallest absolute Gasteiger partial charge is 0.173 e. The number of fused-ring (bicyclic) bond motifs is 3. The van der Waals surface area contributed by atoms with Crippen LogP contribution in [0, 0.1) is 0 Å². The summed E-state index contributed by atoms with van der Waals surface area (Å²) in [6, 6.07) is 61.7. The molecule has 0 radical (unpaired) electrons. The Morgan fingerprint density at radius 3 is 1.32 bits per heavy atom. The van der Waals surface area contributed by atoms with E-state index in [0.717, 1.165) is 59.3 Å². The topological polar surface area (TPSA) is 39.1 Å². The van der Waals surface area contributed by atoms with Crippen molar-refractivity contribution in [2.24, 2.45) is 0 Å². The zero-order chi connectivity index (χ0) is 31.8. The SMILES string of the molecule is O=P(c1ccccc1)(c1ccccc1)c1ccc2c(c1)c1ccccc1n2-c1ccccc1P(=O)(c1ccccc1)c1ccccc1. The fourth-order valence-electron chi connectivity index (χ4n) is 6.76. The maximum atomic E-state index is 15.7. The van der Waals surface area contributed by atoms with E-state index in [4.69, 9.17) is 0 Å². The molecule has 3 nitrogen and oxygen atoms in total. The van der Waals surface area contributed by atoms with E-state index >= 15 is 9.13 Å². The van der Waals surface area contributed by atoms with Crippen molar-refractivity contribution in [1.82, 2.24) is 4.57 Å². The minimum atomic E-state index is -3.29. The van der Waals surface area contributed by atoms with Gasteiger partial charge in [0.05, 0.1) is 16.7 Å². The molecule has 47 heavy (non-hydrogen) atoms. The van der Waals surface area contributed by atoms with Crippen molar-refractivity contribution in [3.8, 4) is 5.69 Å². The van der Waals surface area contributed by atoms with E-state index in [1.807, 2.05) is 158 Å². The van der Waals surface area contributed by atoms with Gasteiger partial charge in [0.1, 0.15) is 0 Å². The summed E-state index contributed by atoms with van der Waals surface area (Å²) in [5, 5.41) is 6.75. The van der Waals surface area contributed by atoms with Crippen molar-refractivity contribution in [3.63, 3.8) is 0 Å². The van der Waals surface area contributed by atoms with Gasteiger partial charge in [0, 0.05) is 42.6 Å². The van der Waals surface area contributed by atoms with Crippen molar-refractivity contribution in [3.05, 3.63) is 188 Å². The van der Waals surface area contributed by atoms with Crippen LogP contribution in [0.4, 0.5) is 0 Å². The summed E-state index contributed by atoms with van der Waals surface area (Å²) < 4.78 is 33.2. The Morgan fingerprint density at radius 2 is 0.766 bits per heavy atom. The molecule has 1 aromatic heterocycles. The minimum Gasteiger partial charge on any atom is -0.309 e. The summed E-state index contributed by atoms with van der Waals surface area (Å²) in [6.45, 7) is 0. The summed E-state index contributed by atoms with van der Waals surface area (Å²) in [4.78, 5) is 0. The Morgan fingerprint density at radius 1 is 0.340 bits per heavy atom. The van der Waals surface area contributed by atoms with Gasteiger partial charge in [0.25, 0.3) is 0 Å². The van der Waals surface area contributed by atoms with Crippen LogP contribution in [0.2, 0.25) is 0 Å². The van der Waals surface area contributed by atoms with Crippen LogP contribution >= 0.6 is 14.3 Å². The largest absolute Gasteiger partial charge is 0.309 e. The highest BCUT2D eigenvalue weighted by Crippen LogP contribution is 2.46. The second-order valence-electron chi connectivity index (χ2n) is 11.6. The normalized spacial score (nSPS) is 12.0. The van der Waals surface area contributed by atoms with Crippen molar-refractivity contribution >= 4 is 67.9 Å². The van der Waals surface area contributed by atoms with E-state index in [0.29, 0.717) is 0 Å². The highest BCUT2D eigenvalue weighted by Gasteiger charge is 2.34. The molecular formula is C42H31NO2P2. The zero-order valence-electron chi connectivity index (χ0n) is 25.6. The number of hydrogen-bond acceptors (Lipinski definition) is 2. The van der Waals surface area contributed by atoms with Gasteiger partial charge in [-0.25, -0.2) is 0 Å². The monoisotopic (exact) mass is 643 g/mol. The first-order valence-electron chi connectivity index (χ1n) is 15.7. The first kappa shape index (κ1) is 29.2. The van der Waals surface area contributed by atoms with Crippen LogP contribution in [-0.4, -0.2) is 4.57 Å². The lowest BCUT2D eigenvalue weighted by molar-refractivity contribution is 0.591. The highest BCUT2D eigenvalue weighted by atomic mass is 31.2. The number of aromatic nitrogens is 1. The summed E-state index contributed by atoms with van der Waals surface area (Å²) >= 11 is 0. The predicted molar refractivity (Wildman–Crippen MR) is 200 cm³/mol. The molecule has 0 amide bonds. The van der Waals surface area contributed by atoms with Gasteiger partial charge < -0.3 is 13.7 Å². The number of rotatable bonds is 7. The van der Waals surface area contributed by atoms with Gasteiger partial charge in [0.15, 0.2) is 14.3 Å². The lowest BCUT2D eigenvalue weighted by Crippen LogP contribution is -2.27. The number of hydrogen-bond donors (Lipinski definition) is 0. The van der Waals surface area contributed by atoms with E-state index in [-0.39, 0.29) is 0 Å². The zero-order valence-corrected chi connectivity index (χ0v) is 27.3. The summed E-state index contributed by atoms with van der Waals surface area (Å²) in [7, 11) is -6.48. The molecule has 5 heteroatoms. The Hall–Kier alpha value is -5.20. The van der Waals surface area contributed by atoms with Crippen molar-refractivity contribution in [2.75, 3.05) is 0 Å². The predicted octanol–water partition coefficient (Wildman–Crippen LogP) is 8.06. The fraction of sp³-hybridized carbons (Fsp3) is 0. The fourth-order valence-corrected chi connectivity index (χ4v) is 12.3. The molecule has 0 aliphatic heterocycles. The van der Waals surface area contributed by atoms with Gasteiger partial charge in [-0.05, 0) is 36.4 Å². The first-order valence-corrected chi connectivity index (χ1v) is 19.1. The van der Waals surface area contributed by atoms with Gasteiger partial charge >= 0.3 is 0 Å². The van der Waals surface area contributed by atoms with Crippen molar-refractivity contribution in [1.29, 1.82) is 0 Å². The molecule has 7 aromatic carbocycles. The van der Waals surface area contributed by atoms with Crippen LogP contribution in [0.25, 0.3) is 27.5 Å². The summed E-state index contributed by atoms with van der Waals surface area (Å²) in [5.74, 6) is 0. The quantitative estimate of drug-likeness (QED) is 0.165. The maximum absolute atomic E-state index is 15.7.